The van der Waals surface area contributed by atoms with Crippen LogP contribution in [0.5, 0.6) is 5.75 Å². The smallest absolute Gasteiger partial charge is 0.316 e. The standard InChI is InChI=1S/C36H47ClN4O6S/c1-22-7-6-9-31(45-2)28-14-11-26(28)21-41-20-25-10-13-27(37)17-23(25)8-4-5-16-47-32-15-12-24(18-30(32)41)34(42)40-48(44)35(22)39-36(43)38-29-19-33(29)46-3/h6,9-10,12-13,15,17-18,22,26,28-29,31,33,35,48H,4-5,7-8,11,14,16,19-21H2,1-3H3,(H2,38,39,43)/b9-6+/t22-,26-,28+,29-,31-,33-,35?/m0/s1. The minimum Gasteiger partial charge on any atom is -0.491 e. The lowest BCUT2D eigenvalue weighted by molar-refractivity contribution is 0.0133. The summed E-state index contributed by atoms with van der Waals surface area (Å²) < 4.78 is 35.6. The summed E-state index contributed by atoms with van der Waals surface area (Å²) in [6, 6.07) is 10.9. The van der Waals surface area contributed by atoms with Crippen LogP contribution in [0, 0.1) is 17.8 Å². The van der Waals surface area contributed by atoms with Gasteiger partial charge in [0.1, 0.15) is 11.1 Å². The Morgan fingerprint density at radius 3 is 2.69 bits per heavy atom. The van der Waals surface area contributed by atoms with Crippen molar-refractivity contribution in [3.8, 4) is 5.75 Å². The maximum absolute atomic E-state index is 13.8. The number of fused-ring (bicyclic) bond motifs is 3. The number of thiol groups is 1. The van der Waals surface area contributed by atoms with Crippen molar-refractivity contribution in [2.75, 3.05) is 32.3 Å². The summed E-state index contributed by atoms with van der Waals surface area (Å²) in [5.41, 5.74) is 3.53. The molecule has 2 fully saturated rings. The summed E-state index contributed by atoms with van der Waals surface area (Å²) in [6.07, 6.45) is 10.1. The van der Waals surface area contributed by atoms with Crippen molar-refractivity contribution < 1.29 is 28.0 Å². The molecule has 2 aliphatic carbocycles. The number of methoxy groups -OCH3 is 2. The van der Waals surface area contributed by atoms with Crippen molar-refractivity contribution in [2.24, 2.45) is 22.1 Å². The monoisotopic (exact) mass is 698 g/mol. The lowest BCUT2D eigenvalue weighted by atomic mass is 9.70. The van der Waals surface area contributed by atoms with Crippen LogP contribution in [0.15, 0.2) is 52.9 Å². The maximum atomic E-state index is 13.8. The van der Waals surface area contributed by atoms with Crippen LogP contribution in [0.3, 0.4) is 0 Å². The normalized spacial score (nSPS) is 31.7. The van der Waals surface area contributed by atoms with Gasteiger partial charge in [0, 0.05) is 37.9 Å². The van der Waals surface area contributed by atoms with Gasteiger partial charge >= 0.3 is 6.03 Å². The Labute approximate surface area is 290 Å². The molecule has 2 aliphatic heterocycles. The third-order valence-electron chi connectivity index (χ3n) is 10.2. The Bertz CT molecular complexity index is 1610. The van der Waals surface area contributed by atoms with Crippen LogP contribution < -0.4 is 20.3 Å². The lowest BCUT2D eigenvalue weighted by Gasteiger charge is -2.43. The molecule has 2 N–H and O–H groups in total. The number of ether oxygens (including phenoxy) is 3. The zero-order valence-electron chi connectivity index (χ0n) is 27.9. The van der Waals surface area contributed by atoms with Gasteiger partial charge in [-0.2, -0.15) is 4.36 Å². The minimum atomic E-state index is -2.51. The van der Waals surface area contributed by atoms with Crippen molar-refractivity contribution >= 4 is 39.8 Å². The first-order valence-corrected chi connectivity index (χ1v) is 18.7. The summed E-state index contributed by atoms with van der Waals surface area (Å²) in [5.74, 6) is 0.508. The SMILES string of the molecule is CO[C@H]1/C=C/C[C@H](C)C(NC(=O)N[C@H]2C[C@@H]2OC)/[SH](=O)=N\C(=O)c2ccc3c(c2)N(Cc2ccc(Cl)cc2CCCCO3)C[C@@H]2CC[C@H]21. The molecule has 48 heavy (non-hydrogen) atoms. The Kier molecular flexibility index (Phi) is 11.3. The first kappa shape index (κ1) is 34.7. The molecular formula is C36H47ClN4O6S. The fourth-order valence-corrected chi connectivity index (χ4v) is 8.50. The molecule has 0 radical (unpaired) electrons. The second-order valence-corrected chi connectivity index (χ2v) is 15.3. The van der Waals surface area contributed by atoms with Gasteiger partial charge in [0.15, 0.2) is 0 Å². The molecule has 2 aromatic rings. The molecule has 3 amide bonds. The van der Waals surface area contributed by atoms with E-state index in [0.29, 0.717) is 42.7 Å². The van der Waals surface area contributed by atoms with Crippen molar-refractivity contribution in [1.29, 1.82) is 0 Å². The molecule has 2 saturated carbocycles. The van der Waals surface area contributed by atoms with E-state index in [2.05, 4.69) is 38.1 Å². The van der Waals surface area contributed by atoms with Gasteiger partial charge in [-0.3, -0.25) is 9.00 Å². The second-order valence-electron chi connectivity index (χ2n) is 13.5. The van der Waals surface area contributed by atoms with Gasteiger partial charge in [-0.1, -0.05) is 36.7 Å². The highest BCUT2D eigenvalue weighted by Crippen LogP contribution is 2.42. The fraction of sp³-hybridized carbons (Fsp3) is 0.556. The van der Waals surface area contributed by atoms with Crippen LogP contribution in [-0.2, 0) is 33.0 Å². The molecule has 0 aromatic heterocycles. The van der Waals surface area contributed by atoms with E-state index in [1.807, 2.05) is 31.2 Å². The predicted octanol–water partition coefficient (Wildman–Crippen LogP) is 5.92. The van der Waals surface area contributed by atoms with Gasteiger partial charge in [0.05, 0.1) is 41.1 Å². The quantitative estimate of drug-likeness (QED) is 0.268. The number of amides is 3. The molecule has 2 aromatic carbocycles. The number of allylic oxidation sites excluding steroid dienone is 1. The summed E-state index contributed by atoms with van der Waals surface area (Å²) in [4.78, 5) is 28.9. The average molecular weight is 699 g/mol. The summed E-state index contributed by atoms with van der Waals surface area (Å²) in [6.45, 7) is 3.82. The highest BCUT2D eigenvalue weighted by atomic mass is 35.5. The van der Waals surface area contributed by atoms with Crippen LogP contribution in [0.25, 0.3) is 0 Å². The van der Waals surface area contributed by atoms with E-state index >= 15 is 0 Å². The van der Waals surface area contributed by atoms with E-state index < -0.39 is 27.9 Å². The average Bonchev–Trinajstić information content (AvgIpc) is 3.82. The Hall–Kier alpha value is -3.12. The number of hydrogen-bond donors (Lipinski definition) is 3. The van der Waals surface area contributed by atoms with Crippen LogP contribution in [-0.4, -0.2) is 67.1 Å². The largest absolute Gasteiger partial charge is 0.491 e. The molecule has 260 valence electrons. The highest BCUT2D eigenvalue weighted by Gasteiger charge is 2.40. The number of anilines is 1. The molecule has 0 spiro atoms. The Balaban J connectivity index is 1.38. The van der Waals surface area contributed by atoms with Gasteiger partial charge in [-0.15, -0.1) is 0 Å². The van der Waals surface area contributed by atoms with Crippen LogP contribution >= 0.6 is 11.6 Å². The number of benzene rings is 2. The molecule has 4 aliphatic rings. The number of urea groups is 1. The van der Waals surface area contributed by atoms with Crippen LogP contribution in [0.1, 0.15) is 66.9 Å². The zero-order chi connectivity index (χ0) is 33.8. The molecule has 12 heteroatoms. The first-order chi connectivity index (χ1) is 23.2. The number of carbonyl (C=O) groups excluding carboxylic acids is 2. The van der Waals surface area contributed by atoms with Crippen molar-refractivity contribution in [3.63, 3.8) is 0 Å². The number of aryl methyl sites for hydroxylation is 1. The molecule has 0 saturated heterocycles. The molecular weight excluding hydrogens is 652 g/mol. The molecule has 6 rings (SSSR count). The number of rotatable bonds is 4. The number of halogens is 1. The molecule has 8 atom stereocenters. The Morgan fingerprint density at radius 1 is 1.08 bits per heavy atom. The van der Waals surface area contributed by atoms with Gasteiger partial charge in [-0.05, 0) is 104 Å². The van der Waals surface area contributed by atoms with E-state index in [4.69, 9.17) is 25.8 Å². The van der Waals surface area contributed by atoms with Gasteiger partial charge in [-0.25, -0.2) is 4.79 Å². The third-order valence-corrected chi connectivity index (χ3v) is 12.0. The predicted molar refractivity (Wildman–Crippen MR) is 188 cm³/mol. The van der Waals surface area contributed by atoms with E-state index in [0.717, 1.165) is 55.8 Å². The van der Waals surface area contributed by atoms with E-state index in [1.165, 1.54) is 11.1 Å². The van der Waals surface area contributed by atoms with Crippen molar-refractivity contribution in [1.82, 2.24) is 10.6 Å². The third kappa shape index (κ3) is 8.18. The van der Waals surface area contributed by atoms with Gasteiger partial charge < -0.3 is 29.7 Å². The molecule has 2 bridgehead atoms. The number of hydrogen-bond acceptors (Lipinski definition) is 7. The Morgan fingerprint density at radius 2 is 1.94 bits per heavy atom. The topological polar surface area (TPSA) is 119 Å². The number of nitrogens with one attached hydrogen (secondary N) is 2. The van der Waals surface area contributed by atoms with Crippen molar-refractivity contribution in [2.45, 2.75) is 82.0 Å². The van der Waals surface area contributed by atoms with E-state index in [9.17, 15) is 13.8 Å². The van der Waals surface area contributed by atoms with Crippen LogP contribution in [0.2, 0.25) is 5.02 Å². The first-order valence-electron chi connectivity index (χ1n) is 17.0. The number of nitrogens with zero attached hydrogens (tertiary/aromatic N) is 2. The van der Waals surface area contributed by atoms with E-state index in [-0.39, 0.29) is 24.2 Å². The maximum Gasteiger partial charge on any atom is 0.316 e. The van der Waals surface area contributed by atoms with E-state index in [1.54, 1.807) is 20.3 Å². The molecule has 10 nitrogen and oxygen atoms in total. The highest BCUT2D eigenvalue weighted by molar-refractivity contribution is 7.76. The molecule has 2 unspecified atom stereocenters. The number of carbonyl (C=O) groups is 2. The minimum absolute atomic E-state index is 0.0279. The van der Waals surface area contributed by atoms with Gasteiger partial charge in [0.25, 0.3) is 5.91 Å². The fourth-order valence-electron chi connectivity index (χ4n) is 7.10. The molecule has 2 heterocycles. The van der Waals surface area contributed by atoms with Gasteiger partial charge in [0.2, 0.25) is 0 Å². The van der Waals surface area contributed by atoms with Crippen molar-refractivity contribution in [3.05, 3.63) is 70.3 Å². The van der Waals surface area contributed by atoms with Crippen LogP contribution in [0.4, 0.5) is 10.5 Å². The zero-order valence-corrected chi connectivity index (χ0v) is 29.6. The summed E-state index contributed by atoms with van der Waals surface area (Å²) in [7, 11) is 0.843. The summed E-state index contributed by atoms with van der Waals surface area (Å²) >= 11 is 6.44. The second kappa shape index (κ2) is 15.6. The lowest BCUT2D eigenvalue weighted by Crippen LogP contribution is -2.47. The summed E-state index contributed by atoms with van der Waals surface area (Å²) in [5, 5.41) is 5.60.